The van der Waals surface area contributed by atoms with Crippen LogP contribution in [0.5, 0.6) is 0 Å². The van der Waals surface area contributed by atoms with Crippen molar-refractivity contribution in [2.75, 3.05) is 11.9 Å². The predicted molar refractivity (Wildman–Crippen MR) is 114 cm³/mol. The second-order valence-corrected chi connectivity index (χ2v) is 7.64. The fourth-order valence-electron chi connectivity index (χ4n) is 3.67. The number of carbonyl (C=O) groups is 2. The number of rotatable bonds is 4. The Hall–Kier alpha value is -3.55. The summed E-state index contributed by atoms with van der Waals surface area (Å²) < 4.78 is 20.6. The van der Waals surface area contributed by atoms with Crippen LogP contribution < -0.4 is 10.9 Å². The molecule has 0 bridgehead atoms. The number of aryl methyl sites for hydroxylation is 2. The highest BCUT2D eigenvalue weighted by molar-refractivity contribution is 5.97. The van der Waals surface area contributed by atoms with Crippen LogP contribution >= 0.6 is 0 Å². The Morgan fingerprint density at radius 3 is 2.81 bits per heavy atom. The number of fused-ring (bicyclic) bond motifs is 2. The van der Waals surface area contributed by atoms with E-state index in [1.807, 2.05) is 0 Å². The lowest BCUT2D eigenvalue weighted by molar-refractivity contribution is -0.119. The molecular weight excluding hydrogens is 401 g/mol. The van der Waals surface area contributed by atoms with Crippen molar-refractivity contribution in [1.82, 2.24) is 9.55 Å². The number of hydrogen-bond donors (Lipinski definition) is 1. The van der Waals surface area contributed by atoms with Gasteiger partial charge in [0.15, 0.2) is 6.61 Å². The normalized spacial score (nSPS) is 13.4. The molecule has 0 spiro atoms. The zero-order valence-corrected chi connectivity index (χ0v) is 17.1. The number of amides is 1. The van der Waals surface area contributed by atoms with Crippen LogP contribution in [0.4, 0.5) is 10.1 Å². The number of carbonyl (C=O) groups excluding carboxylic acids is 2. The molecule has 2 aromatic carbocycles. The number of esters is 1. The smallest absolute Gasteiger partial charge is 0.338 e. The Labute approximate surface area is 177 Å². The maximum absolute atomic E-state index is 13.8. The summed E-state index contributed by atoms with van der Waals surface area (Å²) in [5.41, 5.74) is 1.25. The Morgan fingerprint density at radius 2 is 2.00 bits per heavy atom. The van der Waals surface area contributed by atoms with E-state index in [9.17, 15) is 18.8 Å². The molecular formula is C23H22FN3O4. The molecule has 0 fully saturated rings. The molecule has 2 heterocycles. The molecule has 0 saturated heterocycles. The van der Waals surface area contributed by atoms with Gasteiger partial charge in [-0.1, -0.05) is 12.5 Å². The summed E-state index contributed by atoms with van der Waals surface area (Å²) in [6, 6.07) is 8.95. The summed E-state index contributed by atoms with van der Waals surface area (Å²) in [6.07, 6.45) is 3.68. The molecule has 3 aromatic rings. The SMILES string of the molecule is Cc1ccc(NC(=O)COC(=O)c2ccc3c(=O)n4c(nc3c2)CCCCC4)c(F)c1. The third-order valence-corrected chi connectivity index (χ3v) is 5.29. The molecule has 0 unspecified atom stereocenters. The van der Waals surface area contributed by atoms with E-state index in [4.69, 9.17) is 4.74 Å². The third kappa shape index (κ3) is 4.47. The van der Waals surface area contributed by atoms with Crippen molar-refractivity contribution in [3.63, 3.8) is 0 Å². The number of benzene rings is 2. The summed E-state index contributed by atoms with van der Waals surface area (Å²) in [7, 11) is 0. The second kappa shape index (κ2) is 8.67. The first-order chi connectivity index (χ1) is 14.9. The average molecular weight is 423 g/mol. The Kier molecular flexibility index (Phi) is 5.79. The van der Waals surface area contributed by atoms with E-state index >= 15 is 0 Å². The van der Waals surface area contributed by atoms with Crippen LogP contribution in [0.3, 0.4) is 0 Å². The average Bonchev–Trinajstić information content (AvgIpc) is 2.99. The molecule has 1 amide bonds. The molecule has 31 heavy (non-hydrogen) atoms. The molecule has 1 aliphatic heterocycles. The van der Waals surface area contributed by atoms with Gasteiger partial charge >= 0.3 is 5.97 Å². The van der Waals surface area contributed by atoms with Crippen molar-refractivity contribution in [1.29, 1.82) is 0 Å². The summed E-state index contributed by atoms with van der Waals surface area (Å²) in [5, 5.41) is 2.81. The zero-order chi connectivity index (χ0) is 22.0. The molecule has 1 N–H and O–H groups in total. The molecule has 4 rings (SSSR count). The summed E-state index contributed by atoms with van der Waals surface area (Å²) in [5.74, 6) is -1.22. The topological polar surface area (TPSA) is 90.3 Å². The quantitative estimate of drug-likeness (QED) is 0.650. The highest BCUT2D eigenvalue weighted by Crippen LogP contribution is 2.17. The van der Waals surface area contributed by atoms with Gasteiger partial charge in [0.25, 0.3) is 11.5 Å². The van der Waals surface area contributed by atoms with Crippen LogP contribution in [0.1, 0.15) is 41.0 Å². The van der Waals surface area contributed by atoms with Gasteiger partial charge < -0.3 is 10.1 Å². The maximum atomic E-state index is 13.8. The van der Waals surface area contributed by atoms with Gasteiger partial charge in [0, 0.05) is 13.0 Å². The van der Waals surface area contributed by atoms with Crippen LogP contribution in [0, 0.1) is 12.7 Å². The zero-order valence-electron chi connectivity index (χ0n) is 17.1. The van der Waals surface area contributed by atoms with E-state index in [-0.39, 0.29) is 16.8 Å². The van der Waals surface area contributed by atoms with Crippen molar-refractivity contribution < 1.29 is 18.7 Å². The van der Waals surface area contributed by atoms with Gasteiger partial charge in [0.2, 0.25) is 0 Å². The number of nitrogens with zero attached hydrogens (tertiary/aromatic N) is 2. The van der Waals surface area contributed by atoms with Crippen LogP contribution in [-0.4, -0.2) is 28.0 Å². The Balaban J connectivity index is 1.47. The van der Waals surface area contributed by atoms with Crippen LogP contribution in [-0.2, 0) is 22.5 Å². The van der Waals surface area contributed by atoms with Gasteiger partial charge in [-0.05, 0) is 55.7 Å². The highest BCUT2D eigenvalue weighted by atomic mass is 19.1. The number of nitrogens with one attached hydrogen (secondary N) is 1. The van der Waals surface area contributed by atoms with Crippen LogP contribution in [0.2, 0.25) is 0 Å². The van der Waals surface area contributed by atoms with Crippen molar-refractivity contribution in [2.45, 2.75) is 39.2 Å². The highest BCUT2D eigenvalue weighted by Gasteiger charge is 2.17. The Bertz CT molecular complexity index is 1240. The first-order valence-electron chi connectivity index (χ1n) is 10.2. The van der Waals surface area contributed by atoms with Crippen molar-refractivity contribution >= 4 is 28.5 Å². The molecule has 0 radical (unpaired) electrons. The first kappa shape index (κ1) is 20.7. The molecule has 7 nitrogen and oxygen atoms in total. The lowest BCUT2D eigenvalue weighted by Crippen LogP contribution is -2.25. The van der Waals surface area contributed by atoms with Gasteiger partial charge in [-0.3, -0.25) is 14.2 Å². The predicted octanol–water partition coefficient (Wildman–Crippen LogP) is 3.37. The number of halogens is 1. The molecule has 160 valence electrons. The fourth-order valence-corrected chi connectivity index (χ4v) is 3.67. The maximum Gasteiger partial charge on any atom is 0.338 e. The lowest BCUT2D eigenvalue weighted by atomic mass is 10.1. The van der Waals surface area contributed by atoms with Gasteiger partial charge in [-0.25, -0.2) is 14.2 Å². The lowest BCUT2D eigenvalue weighted by Gasteiger charge is -2.11. The third-order valence-electron chi connectivity index (χ3n) is 5.29. The van der Waals surface area contributed by atoms with E-state index in [0.29, 0.717) is 17.4 Å². The van der Waals surface area contributed by atoms with E-state index in [1.165, 1.54) is 24.3 Å². The number of aromatic nitrogens is 2. The molecule has 0 aliphatic carbocycles. The summed E-state index contributed by atoms with van der Waals surface area (Å²) in [4.78, 5) is 41.8. The van der Waals surface area contributed by atoms with E-state index in [2.05, 4.69) is 10.3 Å². The first-order valence-corrected chi connectivity index (χ1v) is 10.2. The molecule has 0 saturated carbocycles. The molecule has 1 aliphatic rings. The van der Waals surface area contributed by atoms with Crippen molar-refractivity contribution in [3.8, 4) is 0 Å². The molecule has 8 heteroatoms. The molecule has 1 aromatic heterocycles. The summed E-state index contributed by atoms with van der Waals surface area (Å²) in [6.45, 7) is 1.82. The monoisotopic (exact) mass is 423 g/mol. The second-order valence-electron chi connectivity index (χ2n) is 7.64. The molecule has 0 atom stereocenters. The minimum Gasteiger partial charge on any atom is -0.452 e. The largest absolute Gasteiger partial charge is 0.452 e. The number of ether oxygens (including phenoxy) is 1. The van der Waals surface area contributed by atoms with Gasteiger partial charge in [-0.2, -0.15) is 0 Å². The van der Waals surface area contributed by atoms with Gasteiger partial charge in [0.1, 0.15) is 11.6 Å². The van der Waals surface area contributed by atoms with E-state index in [0.717, 1.165) is 37.1 Å². The number of hydrogen-bond acceptors (Lipinski definition) is 5. The van der Waals surface area contributed by atoms with E-state index in [1.54, 1.807) is 23.6 Å². The minimum absolute atomic E-state index is 0.0164. The minimum atomic E-state index is -0.724. The standard InChI is InChI=1S/C23H22FN3O4/c1-14-6-9-18(17(24)11-14)26-21(28)13-31-23(30)15-7-8-16-19(12-15)25-20-5-3-2-4-10-27(20)22(16)29/h6-9,11-12H,2-5,10,13H2,1H3,(H,26,28). The van der Waals surface area contributed by atoms with Gasteiger partial charge in [-0.15, -0.1) is 0 Å². The number of anilines is 1. The van der Waals surface area contributed by atoms with E-state index < -0.39 is 24.3 Å². The summed E-state index contributed by atoms with van der Waals surface area (Å²) >= 11 is 0. The van der Waals surface area contributed by atoms with Crippen molar-refractivity contribution in [3.05, 3.63) is 69.5 Å². The Morgan fingerprint density at radius 1 is 1.16 bits per heavy atom. The fraction of sp³-hybridized carbons (Fsp3) is 0.304. The van der Waals surface area contributed by atoms with Crippen LogP contribution in [0.25, 0.3) is 10.9 Å². The van der Waals surface area contributed by atoms with Gasteiger partial charge in [0.05, 0.1) is 22.2 Å². The van der Waals surface area contributed by atoms with Crippen LogP contribution in [0.15, 0.2) is 41.2 Å². The van der Waals surface area contributed by atoms with Crippen molar-refractivity contribution in [2.24, 2.45) is 0 Å².